The Balaban J connectivity index is 1.53. The van der Waals surface area contributed by atoms with Gasteiger partial charge in [-0.15, -0.1) is 0 Å². The highest BCUT2D eigenvalue weighted by molar-refractivity contribution is 5.95. The number of aromatic nitrogens is 2. The summed E-state index contributed by atoms with van der Waals surface area (Å²) in [6, 6.07) is 0. The molecule has 7 heteroatoms. The molecule has 1 aromatic rings. The van der Waals surface area contributed by atoms with E-state index in [9.17, 15) is 9.59 Å². The summed E-state index contributed by atoms with van der Waals surface area (Å²) in [5, 5.41) is 7.37. The fraction of sp³-hybridized carbons (Fsp3) is 0.722. The summed E-state index contributed by atoms with van der Waals surface area (Å²) in [5.41, 5.74) is 2.30. The van der Waals surface area contributed by atoms with Crippen molar-refractivity contribution in [2.45, 2.75) is 39.2 Å². The van der Waals surface area contributed by atoms with Gasteiger partial charge in [0.2, 0.25) is 5.91 Å². The van der Waals surface area contributed by atoms with Crippen molar-refractivity contribution in [3.05, 3.63) is 17.0 Å². The molecule has 1 unspecified atom stereocenters. The highest BCUT2D eigenvalue weighted by atomic mass is 16.2. The number of aromatic amines is 1. The van der Waals surface area contributed by atoms with Crippen LogP contribution in [0.15, 0.2) is 0 Å². The van der Waals surface area contributed by atoms with E-state index in [0.717, 1.165) is 63.1 Å². The van der Waals surface area contributed by atoms with Crippen LogP contribution in [0.5, 0.6) is 0 Å². The van der Waals surface area contributed by atoms with E-state index in [1.807, 2.05) is 16.7 Å². The number of hydrogen-bond donors (Lipinski definition) is 1. The van der Waals surface area contributed by atoms with Gasteiger partial charge in [-0.05, 0) is 33.2 Å². The number of likely N-dealkylation sites (N-methyl/N-ethyl adjacent to an activating group) is 1. The summed E-state index contributed by atoms with van der Waals surface area (Å²) in [7, 11) is 2.06. The van der Waals surface area contributed by atoms with Gasteiger partial charge in [-0.3, -0.25) is 14.7 Å². The molecule has 4 rings (SSSR count). The van der Waals surface area contributed by atoms with Crippen molar-refractivity contribution in [3.63, 3.8) is 0 Å². The maximum absolute atomic E-state index is 13.1. The molecule has 136 valence electrons. The largest absolute Gasteiger partial charge is 0.342 e. The number of nitrogens with zero attached hydrogens (tertiary/aromatic N) is 4. The van der Waals surface area contributed by atoms with E-state index in [1.165, 1.54) is 0 Å². The summed E-state index contributed by atoms with van der Waals surface area (Å²) >= 11 is 0. The quantitative estimate of drug-likeness (QED) is 0.863. The Morgan fingerprint density at radius 1 is 1.28 bits per heavy atom. The van der Waals surface area contributed by atoms with E-state index >= 15 is 0 Å². The van der Waals surface area contributed by atoms with Gasteiger partial charge in [0.1, 0.15) is 0 Å². The molecule has 1 N–H and O–H groups in total. The lowest BCUT2D eigenvalue weighted by molar-refractivity contribution is -0.145. The second kappa shape index (κ2) is 6.12. The zero-order valence-corrected chi connectivity index (χ0v) is 15.2. The molecular formula is C18H27N5O2. The molecule has 0 aromatic carbocycles. The van der Waals surface area contributed by atoms with Crippen LogP contribution in [-0.4, -0.2) is 76.5 Å². The molecule has 0 saturated carbocycles. The van der Waals surface area contributed by atoms with Crippen molar-refractivity contribution in [2.24, 2.45) is 5.41 Å². The summed E-state index contributed by atoms with van der Waals surface area (Å²) in [4.78, 5) is 31.9. The predicted octanol–water partition coefficient (Wildman–Crippen LogP) is 0.872. The number of fused-ring (bicyclic) bond motifs is 1. The molecule has 3 aliphatic rings. The molecule has 2 amide bonds. The highest BCUT2D eigenvalue weighted by Crippen LogP contribution is 2.40. The third-order valence-corrected chi connectivity index (χ3v) is 6.17. The van der Waals surface area contributed by atoms with Crippen LogP contribution in [0.2, 0.25) is 0 Å². The molecule has 25 heavy (non-hydrogen) atoms. The first-order valence-electron chi connectivity index (χ1n) is 9.37. The molecule has 4 heterocycles. The number of rotatable bonds is 2. The van der Waals surface area contributed by atoms with Gasteiger partial charge in [0.15, 0.2) is 5.69 Å². The van der Waals surface area contributed by atoms with E-state index in [-0.39, 0.29) is 17.2 Å². The maximum Gasteiger partial charge on any atom is 0.274 e. The number of piperidine rings is 1. The van der Waals surface area contributed by atoms with E-state index in [1.54, 1.807) is 0 Å². The number of nitrogens with one attached hydrogen (secondary N) is 1. The smallest absolute Gasteiger partial charge is 0.274 e. The zero-order valence-electron chi connectivity index (χ0n) is 15.2. The standard InChI is InChI=1S/C18H27N5O2/c1-3-22-8-4-6-18(17(22)25)7-10-23(12-18)16(24)15-13-11-21(2)9-5-14(13)19-20-15/h3-12H2,1-2H3,(H,19,20). The van der Waals surface area contributed by atoms with Gasteiger partial charge in [0.05, 0.1) is 5.41 Å². The Hall–Kier alpha value is -1.89. The first-order valence-corrected chi connectivity index (χ1v) is 9.37. The van der Waals surface area contributed by atoms with E-state index in [4.69, 9.17) is 0 Å². The number of likely N-dealkylation sites (tertiary alicyclic amines) is 2. The lowest BCUT2D eigenvalue weighted by Gasteiger charge is -2.38. The first-order chi connectivity index (χ1) is 12.0. The molecular weight excluding hydrogens is 318 g/mol. The average Bonchev–Trinajstić information content (AvgIpc) is 3.22. The predicted molar refractivity (Wildman–Crippen MR) is 93.1 cm³/mol. The van der Waals surface area contributed by atoms with E-state index in [2.05, 4.69) is 22.1 Å². The lowest BCUT2D eigenvalue weighted by atomic mass is 9.78. The van der Waals surface area contributed by atoms with Gasteiger partial charge in [-0.2, -0.15) is 5.10 Å². The second-order valence-electron chi connectivity index (χ2n) is 7.76. The number of hydrogen-bond acceptors (Lipinski definition) is 4. The second-order valence-corrected chi connectivity index (χ2v) is 7.76. The number of carbonyl (C=O) groups excluding carboxylic acids is 2. The van der Waals surface area contributed by atoms with Crippen molar-refractivity contribution < 1.29 is 9.59 Å². The summed E-state index contributed by atoms with van der Waals surface area (Å²) in [6.45, 7) is 6.57. The van der Waals surface area contributed by atoms with Gasteiger partial charge < -0.3 is 14.7 Å². The minimum absolute atomic E-state index is 0.0221. The molecule has 0 bridgehead atoms. The van der Waals surface area contributed by atoms with Crippen molar-refractivity contribution in [1.82, 2.24) is 24.9 Å². The molecule has 0 radical (unpaired) electrons. The van der Waals surface area contributed by atoms with Crippen LogP contribution in [0, 0.1) is 5.41 Å². The van der Waals surface area contributed by atoms with Crippen LogP contribution < -0.4 is 0 Å². The molecule has 1 atom stereocenters. The van der Waals surface area contributed by atoms with Crippen molar-refractivity contribution >= 4 is 11.8 Å². The zero-order chi connectivity index (χ0) is 17.6. The number of amides is 2. The van der Waals surface area contributed by atoms with Crippen LogP contribution in [0.4, 0.5) is 0 Å². The van der Waals surface area contributed by atoms with Crippen LogP contribution in [0.1, 0.15) is 47.9 Å². The minimum atomic E-state index is -0.364. The molecule has 3 aliphatic heterocycles. The summed E-state index contributed by atoms with van der Waals surface area (Å²) in [5.74, 6) is 0.214. The average molecular weight is 345 g/mol. The Kier molecular flexibility index (Phi) is 4.06. The molecule has 1 spiro atoms. The number of H-pyrrole nitrogens is 1. The van der Waals surface area contributed by atoms with Crippen molar-refractivity contribution in [1.29, 1.82) is 0 Å². The van der Waals surface area contributed by atoms with Crippen LogP contribution in [-0.2, 0) is 17.8 Å². The Labute approximate surface area is 148 Å². The maximum atomic E-state index is 13.1. The molecule has 1 aromatic heterocycles. The van der Waals surface area contributed by atoms with Gasteiger partial charge in [0.25, 0.3) is 5.91 Å². The minimum Gasteiger partial charge on any atom is -0.342 e. The van der Waals surface area contributed by atoms with Gasteiger partial charge in [-0.25, -0.2) is 0 Å². The molecule has 2 saturated heterocycles. The Morgan fingerprint density at radius 3 is 2.92 bits per heavy atom. The van der Waals surface area contributed by atoms with Crippen molar-refractivity contribution in [3.8, 4) is 0 Å². The normalized spacial score (nSPS) is 27.2. The van der Waals surface area contributed by atoms with E-state index in [0.29, 0.717) is 18.8 Å². The van der Waals surface area contributed by atoms with Gasteiger partial charge in [-0.1, -0.05) is 0 Å². The third kappa shape index (κ3) is 2.65. The Bertz CT molecular complexity index is 700. The fourth-order valence-electron chi connectivity index (χ4n) is 4.63. The van der Waals surface area contributed by atoms with Gasteiger partial charge >= 0.3 is 0 Å². The molecule has 2 fully saturated rings. The monoisotopic (exact) mass is 345 g/mol. The van der Waals surface area contributed by atoms with Gasteiger partial charge in [0, 0.05) is 56.9 Å². The Morgan fingerprint density at radius 2 is 2.12 bits per heavy atom. The van der Waals surface area contributed by atoms with Crippen LogP contribution in [0.25, 0.3) is 0 Å². The fourth-order valence-corrected chi connectivity index (χ4v) is 4.63. The molecule has 0 aliphatic carbocycles. The summed E-state index contributed by atoms with van der Waals surface area (Å²) in [6.07, 6.45) is 3.61. The number of carbonyl (C=O) groups is 2. The molecule has 7 nitrogen and oxygen atoms in total. The van der Waals surface area contributed by atoms with E-state index < -0.39 is 0 Å². The lowest BCUT2D eigenvalue weighted by Crippen LogP contribution is -2.50. The topological polar surface area (TPSA) is 72.5 Å². The highest BCUT2D eigenvalue weighted by Gasteiger charge is 2.49. The first kappa shape index (κ1) is 16.6. The third-order valence-electron chi connectivity index (χ3n) is 6.17. The van der Waals surface area contributed by atoms with Crippen molar-refractivity contribution in [2.75, 3.05) is 39.8 Å². The van der Waals surface area contributed by atoms with Crippen LogP contribution >= 0.6 is 0 Å². The van der Waals surface area contributed by atoms with Crippen LogP contribution in [0.3, 0.4) is 0 Å². The SMILES string of the molecule is CCN1CCCC2(CCN(C(=O)c3n[nH]c4c3CN(C)CC4)C2)C1=O. The summed E-state index contributed by atoms with van der Waals surface area (Å²) < 4.78 is 0.